The van der Waals surface area contributed by atoms with Crippen molar-refractivity contribution in [3.63, 3.8) is 0 Å². The second kappa shape index (κ2) is 9.65. The lowest BCUT2D eigenvalue weighted by Gasteiger charge is -2.32. The predicted molar refractivity (Wildman–Crippen MR) is 121 cm³/mol. The standard InChI is InChI=1S/C26H29NO6/c1-3-15-32-23(28)12-11-22(25(30)31-2)27-24(29)20-10-9-19(16-21(20)26(27)13-14-26)33-17-18-7-5-4-6-8-18/h4-10,16,22H,3,11-15,17H2,1-2H3. The summed E-state index contributed by atoms with van der Waals surface area (Å²) in [5.41, 5.74) is 1.95. The third kappa shape index (κ3) is 4.58. The molecule has 1 amide bonds. The van der Waals surface area contributed by atoms with Gasteiger partial charge in [0.25, 0.3) is 5.91 Å². The maximum Gasteiger partial charge on any atom is 0.328 e. The average molecular weight is 452 g/mol. The largest absolute Gasteiger partial charge is 0.489 e. The molecule has 2 aromatic rings. The van der Waals surface area contributed by atoms with Crippen molar-refractivity contribution in [1.82, 2.24) is 4.90 Å². The Balaban J connectivity index is 1.54. The molecular weight excluding hydrogens is 422 g/mol. The van der Waals surface area contributed by atoms with Gasteiger partial charge in [-0.15, -0.1) is 0 Å². The number of carbonyl (C=O) groups is 3. The van der Waals surface area contributed by atoms with Crippen molar-refractivity contribution >= 4 is 17.8 Å². The molecule has 1 spiro atoms. The van der Waals surface area contributed by atoms with Crippen LogP contribution in [0.3, 0.4) is 0 Å². The number of ether oxygens (including phenoxy) is 3. The van der Waals surface area contributed by atoms with Gasteiger partial charge in [-0.2, -0.15) is 0 Å². The maximum atomic E-state index is 13.4. The summed E-state index contributed by atoms with van der Waals surface area (Å²) in [7, 11) is 1.30. The molecular formula is C26H29NO6. The molecule has 0 aromatic heterocycles. The van der Waals surface area contributed by atoms with Crippen molar-refractivity contribution in [3.8, 4) is 5.75 Å². The van der Waals surface area contributed by atoms with Gasteiger partial charge in [0.15, 0.2) is 0 Å². The van der Waals surface area contributed by atoms with Gasteiger partial charge in [0.1, 0.15) is 18.4 Å². The molecule has 1 aliphatic heterocycles. The Bertz CT molecular complexity index is 1030. The summed E-state index contributed by atoms with van der Waals surface area (Å²) < 4.78 is 16.1. The Hall–Kier alpha value is -3.35. The topological polar surface area (TPSA) is 82.1 Å². The van der Waals surface area contributed by atoms with E-state index in [9.17, 15) is 14.4 Å². The van der Waals surface area contributed by atoms with Gasteiger partial charge in [-0.05, 0) is 55.0 Å². The van der Waals surface area contributed by atoms with Crippen molar-refractivity contribution in [2.24, 2.45) is 0 Å². The zero-order valence-electron chi connectivity index (χ0n) is 19.0. The predicted octanol–water partition coefficient (Wildman–Crippen LogP) is 3.99. The summed E-state index contributed by atoms with van der Waals surface area (Å²) in [5.74, 6) is -0.437. The first-order valence-corrected chi connectivity index (χ1v) is 11.4. The van der Waals surface area contributed by atoms with Crippen LogP contribution in [0.15, 0.2) is 48.5 Å². The quantitative estimate of drug-likeness (QED) is 0.508. The van der Waals surface area contributed by atoms with Crippen molar-refractivity contribution in [1.29, 1.82) is 0 Å². The summed E-state index contributed by atoms with van der Waals surface area (Å²) in [6, 6.07) is 14.5. The minimum atomic E-state index is -0.847. The summed E-state index contributed by atoms with van der Waals surface area (Å²) in [6.07, 6.45) is 2.43. The molecule has 1 unspecified atom stereocenters. The summed E-state index contributed by atoms with van der Waals surface area (Å²) in [4.78, 5) is 39.7. The van der Waals surface area contributed by atoms with Crippen LogP contribution < -0.4 is 4.74 Å². The SMILES string of the molecule is CCCOC(=O)CCC(C(=O)OC)N1C(=O)c2ccc(OCc3ccccc3)cc2C12CC2. The lowest BCUT2D eigenvalue weighted by Crippen LogP contribution is -2.47. The van der Waals surface area contributed by atoms with E-state index in [2.05, 4.69) is 0 Å². The van der Waals surface area contributed by atoms with Gasteiger partial charge in [0, 0.05) is 12.0 Å². The van der Waals surface area contributed by atoms with E-state index in [1.165, 1.54) is 7.11 Å². The van der Waals surface area contributed by atoms with E-state index in [1.54, 1.807) is 17.0 Å². The van der Waals surface area contributed by atoms with E-state index in [0.717, 1.165) is 30.4 Å². The molecule has 0 radical (unpaired) electrons. The number of hydrogen-bond acceptors (Lipinski definition) is 6. The smallest absolute Gasteiger partial charge is 0.328 e. The Morgan fingerprint density at radius 2 is 1.88 bits per heavy atom. The highest BCUT2D eigenvalue weighted by Gasteiger charge is 2.61. The van der Waals surface area contributed by atoms with Crippen LogP contribution in [0.25, 0.3) is 0 Å². The highest BCUT2D eigenvalue weighted by Crippen LogP contribution is 2.58. The fourth-order valence-corrected chi connectivity index (χ4v) is 4.48. The molecule has 1 aliphatic carbocycles. The van der Waals surface area contributed by atoms with E-state index >= 15 is 0 Å². The van der Waals surface area contributed by atoms with Crippen LogP contribution in [0.4, 0.5) is 0 Å². The molecule has 1 heterocycles. The third-order valence-corrected chi connectivity index (χ3v) is 6.25. The fraction of sp³-hybridized carbons (Fsp3) is 0.423. The molecule has 7 heteroatoms. The second-order valence-electron chi connectivity index (χ2n) is 8.49. The van der Waals surface area contributed by atoms with Crippen LogP contribution >= 0.6 is 0 Å². The van der Waals surface area contributed by atoms with E-state index in [1.807, 2.05) is 43.3 Å². The molecule has 0 N–H and O–H groups in total. The minimum Gasteiger partial charge on any atom is -0.489 e. The van der Waals surface area contributed by atoms with E-state index in [4.69, 9.17) is 14.2 Å². The molecule has 0 saturated heterocycles. The van der Waals surface area contributed by atoms with Gasteiger partial charge in [-0.1, -0.05) is 37.3 Å². The average Bonchev–Trinajstić information content (AvgIpc) is 3.60. The zero-order chi connectivity index (χ0) is 23.4. The van der Waals surface area contributed by atoms with Gasteiger partial charge in [0.2, 0.25) is 0 Å². The monoisotopic (exact) mass is 451 g/mol. The van der Waals surface area contributed by atoms with E-state index in [0.29, 0.717) is 24.5 Å². The van der Waals surface area contributed by atoms with Gasteiger partial charge >= 0.3 is 11.9 Å². The number of carbonyl (C=O) groups excluding carboxylic acids is 3. The normalized spacial score (nSPS) is 16.3. The Labute approximate surface area is 193 Å². The van der Waals surface area contributed by atoms with Gasteiger partial charge in [-0.3, -0.25) is 9.59 Å². The first-order chi connectivity index (χ1) is 16.0. The fourth-order valence-electron chi connectivity index (χ4n) is 4.48. The molecule has 7 nitrogen and oxygen atoms in total. The number of benzene rings is 2. The van der Waals surface area contributed by atoms with Crippen molar-refractivity contribution in [2.45, 2.75) is 57.2 Å². The molecule has 1 fully saturated rings. The zero-order valence-corrected chi connectivity index (χ0v) is 19.0. The minimum absolute atomic E-state index is 0.0431. The number of nitrogens with zero attached hydrogens (tertiary/aromatic N) is 1. The second-order valence-corrected chi connectivity index (χ2v) is 8.49. The molecule has 2 aromatic carbocycles. The molecule has 174 valence electrons. The molecule has 4 rings (SSSR count). The lowest BCUT2D eigenvalue weighted by atomic mass is 10.0. The number of esters is 2. The van der Waals surface area contributed by atoms with Crippen molar-refractivity contribution in [3.05, 3.63) is 65.2 Å². The first kappa shape index (κ1) is 22.8. The number of methoxy groups -OCH3 is 1. The highest BCUT2D eigenvalue weighted by atomic mass is 16.5. The number of amides is 1. The van der Waals surface area contributed by atoms with Crippen LogP contribution in [0, 0.1) is 0 Å². The molecule has 1 atom stereocenters. The third-order valence-electron chi connectivity index (χ3n) is 6.25. The van der Waals surface area contributed by atoms with E-state index < -0.39 is 17.6 Å². The van der Waals surface area contributed by atoms with Crippen LogP contribution in [0.2, 0.25) is 0 Å². The first-order valence-electron chi connectivity index (χ1n) is 11.4. The van der Waals surface area contributed by atoms with Gasteiger partial charge < -0.3 is 19.1 Å². The van der Waals surface area contributed by atoms with Gasteiger partial charge in [-0.25, -0.2) is 4.79 Å². The molecule has 2 aliphatic rings. The van der Waals surface area contributed by atoms with Crippen LogP contribution in [-0.2, 0) is 31.2 Å². The summed E-state index contributed by atoms with van der Waals surface area (Å²) in [6.45, 7) is 2.68. The Morgan fingerprint density at radius 1 is 1.12 bits per heavy atom. The molecule has 1 saturated carbocycles. The lowest BCUT2D eigenvalue weighted by molar-refractivity contribution is -0.149. The van der Waals surface area contributed by atoms with Crippen LogP contribution in [-0.4, -0.2) is 42.5 Å². The summed E-state index contributed by atoms with van der Waals surface area (Å²) >= 11 is 0. The van der Waals surface area contributed by atoms with Gasteiger partial charge in [0.05, 0.1) is 19.3 Å². The molecule has 0 bridgehead atoms. The number of rotatable bonds is 10. The Kier molecular flexibility index (Phi) is 6.67. The van der Waals surface area contributed by atoms with E-state index in [-0.39, 0.29) is 24.7 Å². The number of fused-ring (bicyclic) bond motifs is 2. The van der Waals surface area contributed by atoms with Crippen LogP contribution in [0.5, 0.6) is 5.75 Å². The summed E-state index contributed by atoms with van der Waals surface area (Å²) in [5, 5.41) is 0. The van der Waals surface area contributed by atoms with Crippen LogP contribution in [0.1, 0.15) is 60.5 Å². The van der Waals surface area contributed by atoms with Crippen molar-refractivity contribution in [2.75, 3.05) is 13.7 Å². The maximum absolute atomic E-state index is 13.4. The number of hydrogen-bond donors (Lipinski definition) is 0. The Morgan fingerprint density at radius 3 is 2.55 bits per heavy atom. The highest BCUT2D eigenvalue weighted by molar-refractivity contribution is 6.03. The molecule has 33 heavy (non-hydrogen) atoms. The van der Waals surface area contributed by atoms with Crippen molar-refractivity contribution < 1.29 is 28.6 Å².